The standard InChI is InChI=1S/C16H23N5O/c1-12(2)14(17)5-8-20(3)16(22)13-4-6-19-15(10-13)21-9-7-18-11-21/h4,6-7,9-12,14H,5,8,17H2,1-3H3. The Morgan fingerprint density at radius 1 is 1.41 bits per heavy atom. The van der Waals surface area contributed by atoms with E-state index in [0.29, 0.717) is 23.8 Å². The summed E-state index contributed by atoms with van der Waals surface area (Å²) in [7, 11) is 1.80. The van der Waals surface area contributed by atoms with E-state index in [0.717, 1.165) is 6.42 Å². The van der Waals surface area contributed by atoms with Crippen LogP contribution in [0.3, 0.4) is 0 Å². The summed E-state index contributed by atoms with van der Waals surface area (Å²) in [5, 5.41) is 0. The molecular weight excluding hydrogens is 278 g/mol. The summed E-state index contributed by atoms with van der Waals surface area (Å²) >= 11 is 0. The third-order valence-electron chi connectivity index (χ3n) is 3.76. The minimum Gasteiger partial charge on any atom is -0.342 e. The lowest BCUT2D eigenvalue weighted by molar-refractivity contribution is 0.0789. The maximum Gasteiger partial charge on any atom is 0.253 e. The second-order valence-electron chi connectivity index (χ2n) is 5.80. The minimum absolute atomic E-state index is 0.0280. The first-order valence-electron chi connectivity index (χ1n) is 7.44. The molecule has 0 aliphatic heterocycles. The third-order valence-corrected chi connectivity index (χ3v) is 3.76. The van der Waals surface area contributed by atoms with Gasteiger partial charge in [-0.2, -0.15) is 0 Å². The van der Waals surface area contributed by atoms with Crippen molar-refractivity contribution in [1.82, 2.24) is 19.4 Å². The van der Waals surface area contributed by atoms with Crippen molar-refractivity contribution >= 4 is 5.91 Å². The van der Waals surface area contributed by atoms with Crippen molar-refractivity contribution in [2.45, 2.75) is 26.3 Å². The summed E-state index contributed by atoms with van der Waals surface area (Å²) in [5.41, 5.74) is 6.64. The Morgan fingerprint density at radius 2 is 2.18 bits per heavy atom. The van der Waals surface area contributed by atoms with Crippen molar-refractivity contribution in [3.63, 3.8) is 0 Å². The maximum absolute atomic E-state index is 12.5. The van der Waals surface area contributed by atoms with Gasteiger partial charge in [-0.1, -0.05) is 13.8 Å². The quantitative estimate of drug-likeness (QED) is 0.881. The molecule has 0 aliphatic carbocycles. The van der Waals surface area contributed by atoms with E-state index in [-0.39, 0.29) is 11.9 Å². The molecule has 0 radical (unpaired) electrons. The molecule has 2 aromatic rings. The molecule has 1 unspecified atom stereocenters. The van der Waals surface area contributed by atoms with E-state index in [1.807, 2.05) is 0 Å². The van der Waals surface area contributed by atoms with E-state index >= 15 is 0 Å². The number of amides is 1. The van der Waals surface area contributed by atoms with Gasteiger partial charge in [-0.3, -0.25) is 9.36 Å². The number of imidazole rings is 1. The first kappa shape index (κ1) is 16.2. The van der Waals surface area contributed by atoms with Gasteiger partial charge in [0.1, 0.15) is 12.1 Å². The van der Waals surface area contributed by atoms with Crippen LogP contribution < -0.4 is 5.73 Å². The summed E-state index contributed by atoms with van der Waals surface area (Å²) in [6.45, 7) is 4.82. The second kappa shape index (κ2) is 7.17. The van der Waals surface area contributed by atoms with Gasteiger partial charge in [0, 0.05) is 43.8 Å². The Labute approximate surface area is 131 Å². The van der Waals surface area contributed by atoms with Crippen LogP contribution in [0.4, 0.5) is 0 Å². The van der Waals surface area contributed by atoms with Gasteiger partial charge in [-0.15, -0.1) is 0 Å². The first-order valence-corrected chi connectivity index (χ1v) is 7.44. The summed E-state index contributed by atoms with van der Waals surface area (Å²) < 4.78 is 1.77. The van der Waals surface area contributed by atoms with Gasteiger partial charge in [0.25, 0.3) is 5.91 Å². The van der Waals surface area contributed by atoms with Crippen LogP contribution >= 0.6 is 0 Å². The molecule has 0 spiro atoms. The molecule has 0 saturated carbocycles. The number of hydrogen-bond donors (Lipinski definition) is 1. The highest BCUT2D eigenvalue weighted by Crippen LogP contribution is 2.10. The Kier molecular flexibility index (Phi) is 5.27. The summed E-state index contributed by atoms with van der Waals surface area (Å²) in [6.07, 6.45) is 7.55. The average Bonchev–Trinajstić information content (AvgIpc) is 3.06. The number of hydrogen-bond acceptors (Lipinski definition) is 4. The van der Waals surface area contributed by atoms with Crippen LogP contribution in [0.15, 0.2) is 37.1 Å². The van der Waals surface area contributed by atoms with Crippen LogP contribution in [0.2, 0.25) is 0 Å². The molecule has 0 saturated heterocycles. The van der Waals surface area contributed by atoms with Crippen molar-refractivity contribution in [2.24, 2.45) is 11.7 Å². The molecule has 0 fully saturated rings. The predicted molar refractivity (Wildman–Crippen MR) is 85.7 cm³/mol. The third kappa shape index (κ3) is 3.92. The highest BCUT2D eigenvalue weighted by molar-refractivity contribution is 5.94. The van der Waals surface area contributed by atoms with Gasteiger partial charge in [-0.25, -0.2) is 9.97 Å². The van der Waals surface area contributed by atoms with E-state index in [1.165, 1.54) is 0 Å². The largest absolute Gasteiger partial charge is 0.342 e. The molecule has 0 aliphatic rings. The molecule has 6 heteroatoms. The Hall–Kier alpha value is -2.21. The Morgan fingerprint density at radius 3 is 2.82 bits per heavy atom. The van der Waals surface area contributed by atoms with Gasteiger partial charge in [0.05, 0.1) is 0 Å². The van der Waals surface area contributed by atoms with Crippen LogP contribution in [-0.4, -0.2) is 45.0 Å². The van der Waals surface area contributed by atoms with E-state index in [2.05, 4.69) is 23.8 Å². The topological polar surface area (TPSA) is 77.0 Å². The number of rotatable bonds is 6. The van der Waals surface area contributed by atoms with Crippen LogP contribution in [0.25, 0.3) is 5.82 Å². The number of pyridine rings is 1. The van der Waals surface area contributed by atoms with Crippen molar-refractivity contribution in [3.05, 3.63) is 42.6 Å². The van der Waals surface area contributed by atoms with Gasteiger partial charge < -0.3 is 10.6 Å². The monoisotopic (exact) mass is 301 g/mol. The van der Waals surface area contributed by atoms with Crippen LogP contribution in [0.5, 0.6) is 0 Å². The van der Waals surface area contributed by atoms with Crippen molar-refractivity contribution in [2.75, 3.05) is 13.6 Å². The summed E-state index contributed by atoms with van der Waals surface area (Å²) in [6, 6.07) is 3.60. The zero-order chi connectivity index (χ0) is 16.1. The fourth-order valence-corrected chi connectivity index (χ4v) is 2.09. The molecule has 2 rings (SSSR count). The van der Waals surface area contributed by atoms with Gasteiger partial charge in [0.2, 0.25) is 0 Å². The Bertz CT molecular complexity index is 609. The molecule has 22 heavy (non-hydrogen) atoms. The first-order chi connectivity index (χ1) is 10.5. The molecule has 1 atom stereocenters. The SMILES string of the molecule is CC(C)C(N)CCN(C)C(=O)c1ccnc(-n2ccnc2)c1. The molecule has 118 valence electrons. The van der Waals surface area contributed by atoms with Gasteiger partial charge in [0.15, 0.2) is 0 Å². The van der Waals surface area contributed by atoms with Crippen LogP contribution in [0.1, 0.15) is 30.6 Å². The maximum atomic E-state index is 12.5. The lowest BCUT2D eigenvalue weighted by Crippen LogP contribution is -2.34. The Balaban J connectivity index is 2.04. The summed E-state index contributed by atoms with van der Waals surface area (Å²) in [5.74, 6) is 1.06. The van der Waals surface area contributed by atoms with Crippen LogP contribution in [-0.2, 0) is 0 Å². The fourth-order valence-electron chi connectivity index (χ4n) is 2.09. The summed E-state index contributed by atoms with van der Waals surface area (Å²) in [4.78, 5) is 22.4. The molecule has 0 aromatic carbocycles. The molecule has 6 nitrogen and oxygen atoms in total. The number of carbonyl (C=O) groups is 1. The van der Waals surface area contributed by atoms with E-state index in [1.54, 1.807) is 53.6 Å². The van der Waals surface area contributed by atoms with Crippen molar-refractivity contribution < 1.29 is 4.79 Å². The number of nitrogens with two attached hydrogens (primary N) is 1. The minimum atomic E-state index is -0.0280. The van der Waals surface area contributed by atoms with Crippen LogP contribution in [0, 0.1) is 5.92 Å². The number of nitrogens with zero attached hydrogens (tertiary/aromatic N) is 4. The number of aromatic nitrogens is 3. The smallest absolute Gasteiger partial charge is 0.253 e. The normalized spacial score (nSPS) is 12.4. The average molecular weight is 301 g/mol. The van der Waals surface area contributed by atoms with E-state index < -0.39 is 0 Å². The molecule has 1 amide bonds. The highest BCUT2D eigenvalue weighted by Gasteiger charge is 2.15. The molecule has 2 aromatic heterocycles. The van der Waals surface area contributed by atoms with E-state index in [9.17, 15) is 4.79 Å². The lowest BCUT2D eigenvalue weighted by Gasteiger charge is -2.21. The molecule has 2 N–H and O–H groups in total. The fraction of sp³-hybridized carbons (Fsp3) is 0.438. The zero-order valence-corrected chi connectivity index (χ0v) is 13.3. The number of carbonyl (C=O) groups excluding carboxylic acids is 1. The van der Waals surface area contributed by atoms with Crippen molar-refractivity contribution in [1.29, 1.82) is 0 Å². The zero-order valence-electron chi connectivity index (χ0n) is 13.3. The highest BCUT2D eigenvalue weighted by atomic mass is 16.2. The molecule has 0 bridgehead atoms. The molecule has 2 heterocycles. The van der Waals surface area contributed by atoms with Crippen molar-refractivity contribution in [3.8, 4) is 5.82 Å². The predicted octanol–water partition coefficient (Wildman–Crippen LogP) is 1.71. The van der Waals surface area contributed by atoms with E-state index in [4.69, 9.17) is 5.73 Å². The second-order valence-corrected chi connectivity index (χ2v) is 5.80. The lowest BCUT2D eigenvalue weighted by atomic mass is 10.0. The molecular formula is C16H23N5O. The van der Waals surface area contributed by atoms with Gasteiger partial charge in [-0.05, 0) is 24.5 Å². The van der Waals surface area contributed by atoms with Gasteiger partial charge >= 0.3 is 0 Å².